The Morgan fingerprint density at radius 3 is 2.43 bits per heavy atom. The SMILES string of the molecule is Cc1cc(C#N)cc(C(=O)NC(C)(C)C)c1NC(=O)c1cc(C(=O)c2nc(C(F)(F)F)cs2)nn1-c1ncccc1Cl. The van der Waals surface area contributed by atoms with Gasteiger partial charge in [-0.15, -0.1) is 11.3 Å². The van der Waals surface area contributed by atoms with Crippen LogP contribution in [0.1, 0.15) is 73.9 Å². The molecule has 0 unspecified atom stereocenters. The number of benzene rings is 1. The van der Waals surface area contributed by atoms with E-state index < -0.39 is 45.7 Å². The van der Waals surface area contributed by atoms with Crippen LogP contribution in [0.5, 0.6) is 0 Å². The number of nitrogens with zero attached hydrogens (tertiary/aromatic N) is 5. The van der Waals surface area contributed by atoms with E-state index in [1.165, 1.54) is 30.5 Å². The average molecular weight is 616 g/mol. The number of amides is 2. The molecule has 0 atom stereocenters. The second kappa shape index (κ2) is 11.3. The summed E-state index contributed by atoms with van der Waals surface area (Å²) in [5.74, 6) is -2.41. The second-order valence-electron chi connectivity index (χ2n) is 9.99. The van der Waals surface area contributed by atoms with Crippen molar-refractivity contribution in [2.45, 2.75) is 39.4 Å². The van der Waals surface area contributed by atoms with Gasteiger partial charge in [-0.3, -0.25) is 14.4 Å². The van der Waals surface area contributed by atoms with E-state index in [9.17, 15) is 32.8 Å². The molecule has 1 aromatic carbocycles. The van der Waals surface area contributed by atoms with Crippen LogP contribution in [-0.2, 0) is 6.18 Å². The van der Waals surface area contributed by atoms with E-state index in [4.69, 9.17) is 11.6 Å². The maximum absolute atomic E-state index is 13.7. The number of aromatic nitrogens is 4. The molecule has 2 amide bonds. The number of nitrogens with one attached hydrogen (secondary N) is 2. The van der Waals surface area contributed by atoms with Gasteiger partial charge in [0.1, 0.15) is 11.4 Å². The lowest BCUT2D eigenvalue weighted by molar-refractivity contribution is -0.140. The fourth-order valence-electron chi connectivity index (χ4n) is 3.75. The van der Waals surface area contributed by atoms with Gasteiger partial charge < -0.3 is 10.6 Å². The molecule has 0 aliphatic carbocycles. The number of alkyl halides is 3. The number of nitriles is 1. The third-order valence-electron chi connectivity index (χ3n) is 5.54. The highest BCUT2D eigenvalue weighted by Gasteiger charge is 2.35. The maximum atomic E-state index is 13.7. The van der Waals surface area contributed by atoms with Gasteiger partial charge in [0.2, 0.25) is 5.78 Å². The number of ketones is 1. The summed E-state index contributed by atoms with van der Waals surface area (Å²) < 4.78 is 40.2. The molecule has 3 heterocycles. The summed E-state index contributed by atoms with van der Waals surface area (Å²) in [6, 6.07) is 8.83. The van der Waals surface area contributed by atoms with E-state index in [1.54, 1.807) is 27.7 Å². The van der Waals surface area contributed by atoms with E-state index in [-0.39, 0.29) is 33.3 Å². The number of hydrogen-bond donors (Lipinski definition) is 2. The van der Waals surface area contributed by atoms with Crippen molar-refractivity contribution in [2.75, 3.05) is 5.32 Å². The Hall–Kier alpha value is -4.61. The zero-order valence-corrected chi connectivity index (χ0v) is 24.0. The fourth-order valence-corrected chi connectivity index (χ4v) is 4.72. The molecule has 4 aromatic rings. The molecular formula is C27H21ClF3N7O3S. The Balaban J connectivity index is 1.80. The molecule has 10 nitrogen and oxygen atoms in total. The Morgan fingerprint density at radius 1 is 1.12 bits per heavy atom. The van der Waals surface area contributed by atoms with E-state index in [1.807, 2.05) is 6.07 Å². The van der Waals surface area contributed by atoms with E-state index in [2.05, 4.69) is 25.7 Å². The summed E-state index contributed by atoms with van der Waals surface area (Å²) in [6.07, 6.45) is -3.39. The van der Waals surface area contributed by atoms with Gasteiger partial charge in [-0.05, 0) is 57.5 Å². The van der Waals surface area contributed by atoms with Crippen molar-refractivity contribution in [3.63, 3.8) is 0 Å². The first-order valence-corrected chi connectivity index (χ1v) is 13.3. The molecule has 0 saturated carbocycles. The van der Waals surface area contributed by atoms with Crippen LogP contribution in [-0.4, -0.2) is 42.9 Å². The number of hydrogen-bond acceptors (Lipinski definition) is 8. The molecule has 0 radical (unpaired) electrons. The molecule has 15 heteroatoms. The number of anilines is 1. The summed E-state index contributed by atoms with van der Waals surface area (Å²) in [7, 11) is 0. The van der Waals surface area contributed by atoms with Gasteiger partial charge in [0, 0.05) is 23.2 Å². The predicted octanol–water partition coefficient (Wildman–Crippen LogP) is 5.59. The molecule has 42 heavy (non-hydrogen) atoms. The minimum atomic E-state index is -4.75. The van der Waals surface area contributed by atoms with Crippen LogP contribution in [0, 0.1) is 18.3 Å². The van der Waals surface area contributed by atoms with Crippen LogP contribution in [0.4, 0.5) is 18.9 Å². The van der Waals surface area contributed by atoms with Crippen LogP contribution in [0.2, 0.25) is 5.02 Å². The van der Waals surface area contributed by atoms with Gasteiger partial charge >= 0.3 is 6.18 Å². The van der Waals surface area contributed by atoms with Gasteiger partial charge in [-0.2, -0.15) is 23.5 Å². The molecule has 3 aromatic heterocycles. The zero-order chi connectivity index (χ0) is 31.0. The molecule has 0 saturated heterocycles. The van der Waals surface area contributed by atoms with Gasteiger partial charge in [0.05, 0.1) is 27.9 Å². The molecule has 216 valence electrons. The average Bonchev–Trinajstić information content (AvgIpc) is 3.57. The molecular weight excluding hydrogens is 595 g/mol. The second-order valence-corrected chi connectivity index (χ2v) is 11.3. The highest BCUT2D eigenvalue weighted by molar-refractivity contribution is 7.12. The Bertz CT molecular complexity index is 1770. The highest BCUT2D eigenvalue weighted by Crippen LogP contribution is 2.31. The monoisotopic (exact) mass is 615 g/mol. The van der Waals surface area contributed by atoms with Crippen LogP contribution in [0.3, 0.4) is 0 Å². The molecule has 0 spiro atoms. The van der Waals surface area contributed by atoms with Crippen molar-refractivity contribution in [2.24, 2.45) is 0 Å². The molecule has 0 fully saturated rings. The van der Waals surface area contributed by atoms with Crippen LogP contribution in [0.15, 0.2) is 41.9 Å². The first-order valence-electron chi connectivity index (χ1n) is 12.1. The molecule has 0 bridgehead atoms. The summed E-state index contributed by atoms with van der Waals surface area (Å²) >= 11 is 6.76. The lowest BCUT2D eigenvalue weighted by Crippen LogP contribution is -2.41. The first-order chi connectivity index (χ1) is 19.6. The van der Waals surface area contributed by atoms with Gasteiger partial charge in [0.15, 0.2) is 16.5 Å². The summed E-state index contributed by atoms with van der Waals surface area (Å²) in [5, 5.41) is 19.3. The van der Waals surface area contributed by atoms with E-state index in [0.717, 1.165) is 10.7 Å². The third-order valence-corrected chi connectivity index (χ3v) is 6.68. The molecule has 0 aliphatic rings. The number of carbonyl (C=O) groups excluding carboxylic acids is 3. The normalized spacial score (nSPS) is 11.6. The zero-order valence-electron chi connectivity index (χ0n) is 22.4. The number of rotatable bonds is 6. The van der Waals surface area contributed by atoms with E-state index >= 15 is 0 Å². The molecule has 4 rings (SSSR count). The van der Waals surface area contributed by atoms with Gasteiger partial charge in [0.25, 0.3) is 11.8 Å². The number of halogens is 4. The molecule has 0 aliphatic heterocycles. The van der Waals surface area contributed by atoms with Crippen LogP contribution >= 0.6 is 22.9 Å². The first kappa shape index (κ1) is 30.4. The van der Waals surface area contributed by atoms with Gasteiger partial charge in [-0.1, -0.05) is 11.6 Å². The van der Waals surface area contributed by atoms with Crippen molar-refractivity contribution < 1.29 is 27.6 Å². The minimum absolute atomic E-state index is 0.00974. The summed E-state index contributed by atoms with van der Waals surface area (Å²) in [5.41, 5.74) is -1.87. The lowest BCUT2D eigenvalue weighted by Gasteiger charge is -2.22. The predicted molar refractivity (Wildman–Crippen MR) is 148 cm³/mol. The number of carbonyl (C=O) groups is 3. The Kier molecular flexibility index (Phi) is 8.20. The van der Waals surface area contributed by atoms with Crippen molar-refractivity contribution >= 4 is 46.2 Å². The number of thiazole rings is 1. The van der Waals surface area contributed by atoms with Crippen molar-refractivity contribution in [3.8, 4) is 11.9 Å². The largest absolute Gasteiger partial charge is 0.434 e. The van der Waals surface area contributed by atoms with Crippen molar-refractivity contribution in [1.82, 2.24) is 25.1 Å². The standard InChI is InChI=1S/C27H21ClF3N7O3S/c1-13-8-14(11-32)9-15(23(40)36-26(2,3)4)20(13)35-24(41)18-10-17(37-38(18)22-16(28)6-5-7-33-22)21(39)25-34-19(12-42-25)27(29,30)31/h5-10,12H,1-4H3,(H,35,41)(H,36,40). The van der Waals surface area contributed by atoms with Crippen molar-refractivity contribution in [1.29, 1.82) is 5.26 Å². The maximum Gasteiger partial charge on any atom is 0.434 e. The smallest absolute Gasteiger partial charge is 0.347 e. The topological polar surface area (TPSA) is 143 Å². The quantitative estimate of drug-likeness (QED) is 0.269. The number of pyridine rings is 1. The van der Waals surface area contributed by atoms with Crippen LogP contribution in [0.25, 0.3) is 5.82 Å². The Morgan fingerprint density at radius 2 is 1.83 bits per heavy atom. The molecule has 2 N–H and O–H groups in total. The summed E-state index contributed by atoms with van der Waals surface area (Å²) in [4.78, 5) is 47.4. The van der Waals surface area contributed by atoms with Crippen LogP contribution < -0.4 is 10.6 Å². The van der Waals surface area contributed by atoms with Crippen molar-refractivity contribution in [3.05, 3.63) is 85.7 Å². The summed E-state index contributed by atoms with van der Waals surface area (Å²) in [6.45, 7) is 6.88. The Labute approximate surface area is 246 Å². The third kappa shape index (κ3) is 6.48. The highest BCUT2D eigenvalue weighted by atomic mass is 35.5. The minimum Gasteiger partial charge on any atom is -0.347 e. The van der Waals surface area contributed by atoms with E-state index in [0.29, 0.717) is 22.3 Å². The number of aryl methyl sites for hydroxylation is 1. The fraction of sp³-hybridized carbons (Fsp3) is 0.222. The van der Waals surface area contributed by atoms with Gasteiger partial charge in [-0.25, -0.2) is 14.6 Å². The lowest BCUT2D eigenvalue weighted by atomic mass is 10.0.